The van der Waals surface area contributed by atoms with E-state index in [9.17, 15) is 8.42 Å². The molecule has 2 aromatic rings. The number of benzene rings is 2. The van der Waals surface area contributed by atoms with E-state index in [1.54, 1.807) is 24.3 Å². The van der Waals surface area contributed by atoms with Gasteiger partial charge >= 0.3 is 0 Å². The van der Waals surface area contributed by atoms with E-state index in [-0.39, 0.29) is 11.4 Å². The van der Waals surface area contributed by atoms with Crippen molar-refractivity contribution in [2.75, 3.05) is 4.72 Å². The first kappa shape index (κ1) is 14.1. The van der Waals surface area contributed by atoms with Crippen LogP contribution in [0.1, 0.15) is 23.1 Å². The first-order valence-electron chi connectivity index (χ1n) is 7.03. The normalized spacial score (nSPS) is 14.0. The second-order valence-electron chi connectivity index (χ2n) is 5.25. The van der Waals surface area contributed by atoms with Gasteiger partial charge in [0.2, 0.25) is 0 Å². The van der Waals surface area contributed by atoms with Gasteiger partial charge in [-0.15, -0.1) is 0 Å². The molecule has 0 bridgehead atoms. The molecule has 0 atom stereocenters. The molecule has 21 heavy (non-hydrogen) atoms. The molecule has 0 radical (unpaired) electrons. The largest absolute Gasteiger partial charge is 0.326 e. The Kier molecular flexibility index (Phi) is 3.69. The number of nitrogens with two attached hydrogens (primary N) is 1. The minimum Gasteiger partial charge on any atom is -0.326 e. The van der Waals surface area contributed by atoms with Crippen LogP contribution in [0.2, 0.25) is 0 Å². The van der Waals surface area contributed by atoms with Gasteiger partial charge < -0.3 is 5.73 Å². The molecule has 0 fully saturated rings. The summed E-state index contributed by atoms with van der Waals surface area (Å²) >= 11 is 0. The summed E-state index contributed by atoms with van der Waals surface area (Å²) in [6.45, 7) is 0.196. The zero-order chi connectivity index (χ0) is 14.9. The monoisotopic (exact) mass is 302 g/mol. The second kappa shape index (κ2) is 5.50. The van der Waals surface area contributed by atoms with E-state index < -0.39 is 10.0 Å². The molecule has 2 aromatic carbocycles. The van der Waals surface area contributed by atoms with Crippen LogP contribution in [0.4, 0.5) is 5.69 Å². The number of aryl methyl sites for hydroxylation is 2. The number of sulfonamides is 1. The highest BCUT2D eigenvalue weighted by Crippen LogP contribution is 2.26. The van der Waals surface area contributed by atoms with Gasteiger partial charge in [-0.3, -0.25) is 4.72 Å². The lowest BCUT2D eigenvalue weighted by Gasteiger charge is -2.12. The predicted octanol–water partition coefficient (Wildman–Crippen LogP) is 2.43. The number of fused-ring (bicyclic) bond motifs is 1. The van der Waals surface area contributed by atoms with Crippen molar-refractivity contribution in [2.45, 2.75) is 30.7 Å². The molecular formula is C16H18N2O2S. The zero-order valence-electron chi connectivity index (χ0n) is 11.7. The molecule has 3 rings (SSSR count). The highest BCUT2D eigenvalue weighted by atomic mass is 32.2. The zero-order valence-corrected chi connectivity index (χ0v) is 12.5. The van der Waals surface area contributed by atoms with Gasteiger partial charge in [-0.05, 0) is 54.2 Å². The lowest BCUT2D eigenvalue weighted by Crippen LogP contribution is -2.16. The van der Waals surface area contributed by atoms with Gasteiger partial charge in [-0.2, -0.15) is 0 Å². The quantitative estimate of drug-likeness (QED) is 0.911. The van der Waals surface area contributed by atoms with Gasteiger partial charge in [0.1, 0.15) is 0 Å². The lowest BCUT2D eigenvalue weighted by molar-refractivity contribution is 0.600. The van der Waals surface area contributed by atoms with Gasteiger partial charge in [0, 0.05) is 12.2 Å². The minimum atomic E-state index is -3.60. The Balaban J connectivity index is 1.93. The summed E-state index contributed by atoms with van der Waals surface area (Å²) < 4.78 is 27.7. The predicted molar refractivity (Wildman–Crippen MR) is 83.6 cm³/mol. The lowest BCUT2D eigenvalue weighted by atomic mass is 10.1. The maximum atomic E-state index is 12.5. The molecule has 1 aliphatic rings. The molecule has 0 unspecified atom stereocenters. The number of anilines is 1. The fourth-order valence-electron chi connectivity index (χ4n) is 2.78. The summed E-state index contributed by atoms with van der Waals surface area (Å²) in [4.78, 5) is 0.244. The highest BCUT2D eigenvalue weighted by Gasteiger charge is 2.19. The minimum absolute atomic E-state index is 0.196. The summed E-state index contributed by atoms with van der Waals surface area (Å²) in [6.07, 6.45) is 3.24. The Bertz CT molecular complexity index is 770. The van der Waals surface area contributed by atoms with Crippen LogP contribution in [-0.2, 0) is 29.4 Å². The van der Waals surface area contributed by atoms with Crippen LogP contribution in [0.25, 0.3) is 0 Å². The van der Waals surface area contributed by atoms with Crippen LogP contribution in [0, 0.1) is 0 Å². The number of nitrogens with one attached hydrogen (secondary N) is 1. The van der Waals surface area contributed by atoms with Crippen LogP contribution in [-0.4, -0.2) is 8.42 Å². The molecule has 0 amide bonds. The van der Waals surface area contributed by atoms with Gasteiger partial charge in [-0.25, -0.2) is 8.42 Å². The average Bonchev–Trinajstić information content (AvgIpc) is 2.94. The van der Waals surface area contributed by atoms with Crippen LogP contribution >= 0.6 is 0 Å². The van der Waals surface area contributed by atoms with Crippen molar-refractivity contribution in [3.63, 3.8) is 0 Å². The Morgan fingerprint density at radius 3 is 2.62 bits per heavy atom. The molecule has 0 spiro atoms. The first-order valence-corrected chi connectivity index (χ1v) is 8.51. The van der Waals surface area contributed by atoms with Crippen LogP contribution in [0.5, 0.6) is 0 Å². The molecule has 0 saturated carbocycles. The van der Waals surface area contributed by atoms with E-state index in [1.807, 2.05) is 18.2 Å². The van der Waals surface area contributed by atoms with Crippen molar-refractivity contribution in [3.05, 3.63) is 59.2 Å². The summed E-state index contributed by atoms with van der Waals surface area (Å²) in [5, 5.41) is 0. The maximum Gasteiger partial charge on any atom is 0.262 e. The van der Waals surface area contributed by atoms with E-state index in [1.165, 1.54) is 11.1 Å². The molecule has 0 saturated heterocycles. The maximum absolute atomic E-state index is 12.5. The van der Waals surface area contributed by atoms with Gasteiger partial charge in [0.25, 0.3) is 10.0 Å². The SMILES string of the molecule is NCc1ccccc1S(=O)(=O)Nc1ccc2c(c1)CCC2. The highest BCUT2D eigenvalue weighted by molar-refractivity contribution is 7.92. The summed E-state index contributed by atoms with van der Waals surface area (Å²) in [5.41, 5.74) is 9.41. The van der Waals surface area contributed by atoms with Crippen molar-refractivity contribution >= 4 is 15.7 Å². The van der Waals surface area contributed by atoms with Crippen molar-refractivity contribution in [3.8, 4) is 0 Å². The van der Waals surface area contributed by atoms with Crippen molar-refractivity contribution in [2.24, 2.45) is 5.73 Å². The van der Waals surface area contributed by atoms with Gasteiger partial charge in [-0.1, -0.05) is 24.3 Å². The Morgan fingerprint density at radius 2 is 1.81 bits per heavy atom. The average molecular weight is 302 g/mol. The standard InChI is InChI=1S/C16H18N2O2S/c17-11-14-4-1-2-7-16(14)21(19,20)18-15-9-8-12-5-3-6-13(12)10-15/h1-2,4,7-10,18H,3,5-6,11,17H2. The molecule has 0 heterocycles. The van der Waals surface area contributed by atoms with Crippen molar-refractivity contribution in [1.82, 2.24) is 0 Å². The van der Waals surface area contributed by atoms with Crippen LogP contribution in [0.3, 0.4) is 0 Å². The number of hydrogen-bond donors (Lipinski definition) is 2. The third kappa shape index (κ3) is 2.80. The van der Waals surface area contributed by atoms with Gasteiger partial charge in [0.15, 0.2) is 0 Å². The molecule has 110 valence electrons. The smallest absolute Gasteiger partial charge is 0.262 e. The third-order valence-electron chi connectivity index (χ3n) is 3.83. The molecule has 4 nitrogen and oxygen atoms in total. The Labute approximate surface area is 125 Å². The van der Waals surface area contributed by atoms with Crippen LogP contribution in [0.15, 0.2) is 47.4 Å². The summed E-state index contributed by atoms with van der Waals surface area (Å²) in [7, 11) is -3.60. The molecule has 5 heteroatoms. The van der Waals surface area contributed by atoms with Gasteiger partial charge in [0.05, 0.1) is 4.90 Å². The molecule has 0 aliphatic heterocycles. The van der Waals surface area contributed by atoms with Crippen molar-refractivity contribution < 1.29 is 8.42 Å². The molecule has 1 aliphatic carbocycles. The third-order valence-corrected chi connectivity index (χ3v) is 5.31. The summed E-state index contributed by atoms with van der Waals surface area (Å²) in [6, 6.07) is 12.6. The van der Waals surface area contributed by atoms with E-state index >= 15 is 0 Å². The summed E-state index contributed by atoms with van der Waals surface area (Å²) in [5.74, 6) is 0. The molecule has 3 N–H and O–H groups in total. The van der Waals surface area contributed by atoms with E-state index in [4.69, 9.17) is 5.73 Å². The topological polar surface area (TPSA) is 72.2 Å². The second-order valence-corrected chi connectivity index (χ2v) is 6.91. The fraction of sp³-hybridized carbons (Fsp3) is 0.250. The van der Waals surface area contributed by atoms with Crippen molar-refractivity contribution in [1.29, 1.82) is 0 Å². The van der Waals surface area contributed by atoms with E-state index in [2.05, 4.69) is 4.72 Å². The fourth-order valence-corrected chi connectivity index (χ4v) is 4.08. The van der Waals surface area contributed by atoms with E-state index in [0.717, 1.165) is 19.3 Å². The number of hydrogen-bond acceptors (Lipinski definition) is 3. The molecule has 0 aromatic heterocycles. The first-order chi connectivity index (χ1) is 10.1. The molecular weight excluding hydrogens is 284 g/mol. The Morgan fingerprint density at radius 1 is 1.05 bits per heavy atom. The van der Waals surface area contributed by atoms with E-state index in [0.29, 0.717) is 11.3 Å². The Hall–Kier alpha value is -1.85. The number of rotatable bonds is 4. The van der Waals surface area contributed by atoms with Crippen LogP contribution < -0.4 is 10.5 Å².